The van der Waals surface area contributed by atoms with E-state index in [1.807, 2.05) is 48.7 Å². The van der Waals surface area contributed by atoms with Gasteiger partial charge in [-0.05, 0) is 43.7 Å². The summed E-state index contributed by atoms with van der Waals surface area (Å²) in [5, 5.41) is 13.0. The number of hydrogen-bond acceptors (Lipinski definition) is 6. The van der Waals surface area contributed by atoms with Crippen molar-refractivity contribution in [2.75, 3.05) is 25.2 Å². The number of anilines is 1. The first-order valence-corrected chi connectivity index (χ1v) is 12.1. The lowest BCUT2D eigenvalue weighted by molar-refractivity contribution is -0.113. The van der Waals surface area contributed by atoms with Crippen LogP contribution in [0.25, 0.3) is 5.69 Å². The topological polar surface area (TPSA) is 108 Å². The number of carbonyl (C=O) groups excluding carboxylic acids is 1. The van der Waals surface area contributed by atoms with Gasteiger partial charge in [-0.2, -0.15) is 5.26 Å². The summed E-state index contributed by atoms with van der Waals surface area (Å²) in [5.74, 6) is 0.183. The number of aromatic nitrogens is 2. The van der Waals surface area contributed by atoms with E-state index < -0.39 is 10.0 Å². The van der Waals surface area contributed by atoms with Crippen LogP contribution in [0.1, 0.15) is 16.8 Å². The number of thioether (sulfide) groups is 1. The highest BCUT2D eigenvalue weighted by molar-refractivity contribution is 7.99. The van der Waals surface area contributed by atoms with Crippen molar-refractivity contribution in [2.24, 2.45) is 0 Å². The van der Waals surface area contributed by atoms with Crippen molar-refractivity contribution in [3.63, 3.8) is 0 Å². The molecule has 0 saturated heterocycles. The third-order valence-corrected chi connectivity index (χ3v) is 7.68. The SMILES string of the molecule is Cc1c(C#N)c(NC(=O)CSc2ccc(S(=O)(=O)N(C)C)cn2)n(-c2ccccc2)c1C. The van der Waals surface area contributed by atoms with Gasteiger partial charge in [0.25, 0.3) is 0 Å². The molecule has 0 atom stereocenters. The molecule has 0 fully saturated rings. The zero-order valence-corrected chi connectivity index (χ0v) is 19.8. The highest BCUT2D eigenvalue weighted by Crippen LogP contribution is 2.30. The van der Waals surface area contributed by atoms with E-state index in [4.69, 9.17) is 0 Å². The number of hydrogen-bond donors (Lipinski definition) is 1. The van der Waals surface area contributed by atoms with Gasteiger partial charge in [-0.1, -0.05) is 30.0 Å². The van der Waals surface area contributed by atoms with Crippen LogP contribution in [0.15, 0.2) is 58.6 Å². The van der Waals surface area contributed by atoms with Crippen LogP contribution in [-0.2, 0) is 14.8 Å². The molecule has 0 spiro atoms. The zero-order chi connectivity index (χ0) is 23.5. The number of benzene rings is 1. The second-order valence-electron chi connectivity index (χ2n) is 7.17. The highest BCUT2D eigenvalue weighted by Gasteiger charge is 2.21. The maximum Gasteiger partial charge on any atom is 0.244 e. The Labute approximate surface area is 191 Å². The van der Waals surface area contributed by atoms with Crippen molar-refractivity contribution in [1.29, 1.82) is 5.26 Å². The smallest absolute Gasteiger partial charge is 0.244 e. The van der Waals surface area contributed by atoms with Crippen molar-refractivity contribution in [1.82, 2.24) is 13.9 Å². The fourth-order valence-electron chi connectivity index (χ4n) is 3.08. The van der Waals surface area contributed by atoms with E-state index in [-0.39, 0.29) is 16.6 Å². The summed E-state index contributed by atoms with van der Waals surface area (Å²) in [4.78, 5) is 16.9. The van der Waals surface area contributed by atoms with Gasteiger partial charge in [-0.15, -0.1) is 0 Å². The monoisotopic (exact) mass is 469 g/mol. The maximum absolute atomic E-state index is 12.7. The Bertz CT molecular complexity index is 1280. The van der Waals surface area contributed by atoms with E-state index in [0.717, 1.165) is 21.2 Å². The Kier molecular flexibility index (Phi) is 7.03. The molecule has 10 heteroatoms. The Morgan fingerprint density at radius 2 is 1.88 bits per heavy atom. The lowest BCUT2D eigenvalue weighted by Crippen LogP contribution is -2.22. The first-order valence-electron chi connectivity index (χ1n) is 9.65. The second-order valence-corrected chi connectivity index (χ2v) is 10.3. The maximum atomic E-state index is 12.7. The molecule has 0 saturated carbocycles. The first kappa shape index (κ1) is 23.5. The van der Waals surface area contributed by atoms with Crippen molar-refractivity contribution < 1.29 is 13.2 Å². The quantitative estimate of drug-likeness (QED) is 0.532. The van der Waals surface area contributed by atoms with Gasteiger partial charge in [0.05, 0.1) is 16.3 Å². The summed E-state index contributed by atoms with van der Waals surface area (Å²) in [6.45, 7) is 3.76. The molecule has 166 valence electrons. The number of pyridine rings is 1. The van der Waals surface area contributed by atoms with Gasteiger partial charge in [0.1, 0.15) is 16.8 Å². The molecular formula is C22H23N5O3S2. The Morgan fingerprint density at radius 3 is 2.44 bits per heavy atom. The minimum absolute atomic E-state index is 0.0513. The number of nitrogens with one attached hydrogen (secondary N) is 1. The first-order chi connectivity index (χ1) is 15.2. The lowest BCUT2D eigenvalue weighted by Gasteiger charge is -2.13. The molecule has 0 unspecified atom stereocenters. The number of sulfonamides is 1. The molecule has 3 aromatic rings. The van der Waals surface area contributed by atoms with Gasteiger partial charge < -0.3 is 5.32 Å². The predicted molar refractivity (Wildman–Crippen MR) is 124 cm³/mol. The molecule has 0 aliphatic heterocycles. The summed E-state index contributed by atoms with van der Waals surface area (Å²) in [6, 6.07) is 14.7. The van der Waals surface area contributed by atoms with Gasteiger partial charge in [0.15, 0.2) is 0 Å². The van der Waals surface area contributed by atoms with Crippen molar-refractivity contribution in [3.05, 3.63) is 65.5 Å². The molecule has 0 aliphatic carbocycles. The Balaban J connectivity index is 1.78. The van der Waals surface area contributed by atoms with E-state index in [2.05, 4.69) is 16.4 Å². The van der Waals surface area contributed by atoms with Gasteiger partial charge in [-0.3, -0.25) is 9.36 Å². The Morgan fingerprint density at radius 1 is 1.19 bits per heavy atom. The number of rotatable bonds is 7. The normalized spacial score (nSPS) is 11.4. The van der Waals surface area contributed by atoms with Crippen LogP contribution in [0.3, 0.4) is 0 Å². The van der Waals surface area contributed by atoms with Crippen molar-refractivity contribution in [3.8, 4) is 11.8 Å². The molecule has 0 bridgehead atoms. The molecule has 1 N–H and O–H groups in total. The van der Waals surface area contributed by atoms with Crippen LogP contribution in [0.5, 0.6) is 0 Å². The predicted octanol–water partition coefficient (Wildman–Crippen LogP) is 3.34. The summed E-state index contributed by atoms with van der Waals surface area (Å²) < 4.78 is 27.2. The molecule has 1 amide bonds. The molecule has 2 aromatic heterocycles. The summed E-state index contributed by atoms with van der Waals surface area (Å²) in [5.41, 5.74) is 2.94. The third-order valence-electron chi connectivity index (χ3n) is 4.94. The minimum atomic E-state index is -3.56. The van der Waals surface area contributed by atoms with E-state index in [9.17, 15) is 18.5 Å². The largest absolute Gasteiger partial charge is 0.310 e. The van der Waals surface area contributed by atoms with Crippen LogP contribution in [-0.4, -0.2) is 48.0 Å². The lowest BCUT2D eigenvalue weighted by atomic mass is 10.2. The number of nitrogens with zero attached hydrogens (tertiary/aromatic N) is 4. The van der Waals surface area contributed by atoms with Crippen LogP contribution in [0.4, 0.5) is 5.82 Å². The van der Waals surface area contributed by atoms with Gasteiger partial charge in [0, 0.05) is 31.7 Å². The fourth-order valence-corrected chi connectivity index (χ4v) is 4.57. The van der Waals surface area contributed by atoms with E-state index >= 15 is 0 Å². The molecular weight excluding hydrogens is 446 g/mol. The standard InChI is InChI=1S/C22H23N5O3S2/c1-15-16(2)27(17-8-6-5-7-9-17)22(19(15)12-23)25-20(28)14-31-21-11-10-18(13-24-21)32(29,30)26(3)4/h5-11,13H,14H2,1-4H3,(H,25,28). The highest BCUT2D eigenvalue weighted by atomic mass is 32.2. The summed E-state index contributed by atoms with van der Waals surface area (Å²) >= 11 is 1.18. The number of nitriles is 1. The molecule has 8 nitrogen and oxygen atoms in total. The molecule has 3 rings (SSSR count). The molecule has 0 radical (unpaired) electrons. The van der Waals surface area contributed by atoms with E-state index in [0.29, 0.717) is 16.4 Å². The van der Waals surface area contributed by atoms with Crippen LogP contribution in [0.2, 0.25) is 0 Å². The average molecular weight is 470 g/mol. The second kappa shape index (κ2) is 9.56. The van der Waals surface area contributed by atoms with Crippen molar-refractivity contribution in [2.45, 2.75) is 23.8 Å². The number of para-hydroxylation sites is 1. The van der Waals surface area contributed by atoms with Crippen LogP contribution >= 0.6 is 11.8 Å². The molecule has 1 aromatic carbocycles. The van der Waals surface area contributed by atoms with Gasteiger partial charge in [-0.25, -0.2) is 17.7 Å². The zero-order valence-electron chi connectivity index (χ0n) is 18.2. The van der Waals surface area contributed by atoms with E-state index in [1.54, 1.807) is 6.07 Å². The van der Waals surface area contributed by atoms with E-state index in [1.165, 1.54) is 38.1 Å². The van der Waals surface area contributed by atoms with Crippen LogP contribution < -0.4 is 5.32 Å². The number of carbonyl (C=O) groups is 1. The third kappa shape index (κ3) is 4.70. The summed E-state index contributed by atoms with van der Waals surface area (Å²) in [7, 11) is -0.655. The number of amides is 1. The molecule has 32 heavy (non-hydrogen) atoms. The van der Waals surface area contributed by atoms with Crippen molar-refractivity contribution >= 4 is 33.5 Å². The van der Waals surface area contributed by atoms with Gasteiger partial charge in [0.2, 0.25) is 15.9 Å². The molecule has 2 heterocycles. The fraction of sp³-hybridized carbons (Fsp3) is 0.227. The summed E-state index contributed by atoms with van der Waals surface area (Å²) in [6.07, 6.45) is 1.27. The Hall–Kier alpha value is -3.13. The minimum Gasteiger partial charge on any atom is -0.310 e. The van der Waals surface area contributed by atoms with Gasteiger partial charge >= 0.3 is 0 Å². The van der Waals surface area contributed by atoms with Crippen LogP contribution in [0, 0.1) is 25.2 Å². The average Bonchev–Trinajstić information content (AvgIpc) is 3.02. The molecule has 0 aliphatic rings.